The van der Waals surface area contributed by atoms with E-state index in [1.807, 2.05) is 17.0 Å². The fraction of sp³-hybridized carbons (Fsp3) is 0.417. The minimum Gasteiger partial charge on any atom is -0.389 e. The van der Waals surface area contributed by atoms with Gasteiger partial charge in [0.2, 0.25) is 5.91 Å². The highest BCUT2D eigenvalue weighted by atomic mass is 35.5. The number of nitrogens with zero attached hydrogens (tertiary/aromatic N) is 1. The van der Waals surface area contributed by atoms with Gasteiger partial charge in [0.05, 0.1) is 23.4 Å². The molecule has 1 atom stereocenters. The number of carbonyl (C=O) groups is 1. The van der Waals surface area contributed by atoms with Crippen LogP contribution >= 0.6 is 11.6 Å². The van der Waals surface area contributed by atoms with Gasteiger partial charge in [-0.05, 0) is 24.6 Å². The summed E-state index contributed by atoms with van der Waals surface area (Å²) in [5.74, 6) is 0.00641. The van der Waals surface area contributed by atoms with Crippen LogP contribution in [0.1, 0.15) is 18.6 Å². The van der Waals surface area contributed by atoms with E-state index in [4.69, 9.17) is 11.6 Å². The number of hydrogen-bond donors (Lipinski definition) is 2. The zero-order valence-corrected chi connectivity index (χ0v) is 10.4. The zero-order valence-electron chi connectivity index (χ0n) is 9.61. The van der Waals surface area contributed by atoms with Gasteiger partial charge >= 0.3 is 0 Å². The Morgan fingerprint density at radius 3 is 2.88 bits per heavy atom. The van der Waals surface area contributed by atoms with Crippen LogP contribution in [0.2, 0.25) is 5.02 Å². The molecule has 0 spiro atoms. The van der Waals surface area contributed by atoms with Crippen LogP contribution in [0.25, 0.3) is 0 Å². The lowest BCUT2D eigenvalue weighted by molar-refractivity contribution is -0.120. The molecule has 1 heterocycles. The molecular weight excluding hydrogens is 240 g/mol. The molecule has 0 aromatic heterocycles. The van der Waals surface area contributed by atoms with Crippen molar-refractivity contribution in [3.8, 4) is 0 Å². The van der Waals surface area contributed by atoms with Gasteiger partial charge in [-0.25, -0.2) is 0 Å². The number of benzene rings is 1. The molecule has 0 unspecified atom stereocenters. The van der Waals surface area contributed by atoms with Crippen LogP contribution in [0.15, 0.2) is 18.2 Å². The number of anilines is 1. The van der Waals surface area contributed by atoms with E-state index in [-0.39, 0.29) is 5.91 Å². The second kappa shape index (κ2) is 4.94. The van der Waals surface area contributed by atoms with Gasteiger partial charge < -0.3 is 15.3 Å². The minimum absolute atomic E-state index is 0.00641. The third-order valence-electron chi connectivity index (χ3n) is 2.83. The van der Waals surface area contributed by atoms with E-state index in [1.165, 1.54) is 0 Å². The maximum atomic E-state index is 11.3. The largest absolute Gasteiger partial charge is 0.389 e. The van der Waals surface area contributed by atoms with Crippen molar-refractivity contribution in [2.75, 3.05) is 24.5 Å². The van der Waals surface area contributed by atoms with E-state index in [2.05, 4.69) is 5.32 Å². The Hall–Kier alpha value is -1.26. The summed E-state index contributed by atoms with van der Waals surface area (Å²) in [6, 6.07) is 5.43. The molecule has 1 aliphatic heterocycles. The zero-order chi connectivity index (χ0) is 12.4. The van der Waals surface area contributed by atoms with Crippen LogP contribution in [0.5, 0.6) is 0 Å². The molecule has 4 nitrogen and oxygen atoms in total. The van der Waals surface area contributed by atoms with Gasteiger partial charge in [-0.2, -0.15) is 0 Å². The molecule has 0 bridgehead atoms. The SMILES string of the molecule is C[C@H](O)c1ccc(N2CCNC(=O)C2)c(Cl)c1. The smallest absolute Gasteiger partial charge is 0.239 e. The van der Waals surface area contributed by atoms with Crippen LogP contribution in [0.4, 0.5) is 5.69 Å². The Balaban J connectivity index is 2.23. The molecule has 5 heteroatoms. The van der Waals surface area contributed by atoms with Crippen LogP contribution in [0, 0.1) is 0 Å². The summed E-state index contributed by atoms with van der Waals surface area (Å²) in [4.78, 5) is 13.2. The van der Waals surface area contributed by atoms with E-state index in [0.717, 1.165) is 17.8 Å². The van der Waals surface area contributed by atoms with Crippen molar-refractivity contribution in [1.82, 2.24) is 5.32 Å². The van der Waals surface area contributed by atoms with Crippen molar-refractivity contribution in [3.05, 3.63) is 28.8 Å². The van der Waals surface area contributed by atoms with Crippen molar-refractivity contribution < 1.29 is 9.90 Å². The molecule has 2 N–H and O–H groups in total. The Bertz CT molecular complexity index is 435. The molecule has 17 heavy (non-hydrogen) atoms. The number of nitrogens with one attached hydrogen (secondary N) is 1. The first-order valence-electron chi connectivity index (χ1n) is 5.57. The number of aliphatic hydroxyl groups is 1. The van der Waals surface area contributed by atoms with Crippen molar-refractivity contribution >= 4 is 23.2 Å². The first kappa shape index (κ1) is 12.2. The van der Waals surface area contributed by atoms with E-state index >= 15 is 0 Å². The second-order valence-corrected chi connectivity index (χ2v) is 4.57. The van der Waals surface area contributed by atoms with Crippen molar-refractivity contribution in [2.45, 2.75) is 13.0 Å². The Labute approximate surface area is 105 Å². The minimum atomic E-state index is -0.536. The quantitative estimate of drug-likeness (QED) is 0.837. The van der Waals surface area contributed by atoms with Gasteiger partial charge in [0.1, 0.15) is 0 Å². The molecule has 1 fully saturated rings. The molecule has 2 rings (SSSR count). The highest BCUT2D eigenvalue weighted by molar-refractivity contribution is 6.33. The standard InChI is InChI=1S/C12H15ClN2O2/c1-8(16)9-2-3-11(10(13)6-9)15-5-4-14-12(17)7-15/h2-3,6,8,16H,4-5,7H2,1H3,(H,14,17)/t8-/m0/s1. The molecule has 0 saturated carbocycles. The Morgan fingerprint density at radius 1 is 1.53 bits per heavy atom. The molecule has 1 aromatic carbocycles. The second-order valence-electron chi connectivity index (χ2n) is 4.16. The summed E-state index contributed by atoms with van der Waals surface area (Å²) in [5.41, 5.74) is 1.62. The monoisotopic (exact) mass is 254 g/mol. The average Bonchev–Trinajstić information content (AvgIpc) is 2.28. The topological polar surface area (TPSA) is 52.6 Å². The van der Waals surface area contributed by atoms with Crippen LogP contribution in [-0.2, 0) is 4.79 Å². The van der Waals surface area contributed by atoms with E-state index in [1.54, 1.807) is 13.0 Å². The maximum Gasteiger partial charge on any atom is 0.239 e. The van der Waals surface area contributed by atoms with E-state index in [0.29, 0.717) is 18.1 Å². The van der Waals surface area contributed by atoms with Crippen LogP contribution < -0.4 is 10.2 Å². The van der Waals surface area contributed by atoms with Gasteiger partial charge in [-0.3, -0.25) is 4.79 Å². The number of amides is 1. The molecule has 92 valence electrons. The number of halogens is 1. The number of carbonyl (C=O) groups excluding carboxylic acids is 1. The van der Waals surface area contributed by atoms with Gasteiger partial charge in [-0.15, -0.1) is 0 Å². The molecule has 0 radical (unpaired) electrons. The summed E-state index contributed by atoms with van der Waals surface area (Å²) in [7, 11) is 0. The van der Waals surface area contributed by atoms with Gasteiger partial charge in [0.25, 0.3) is 0 Å². The third kappa shape index (κ3) is 2.70. The molecule has 1 aromatic rings. The fourth-order valence-corrected chi connectivity index (χ4v) is 2.19. The molecule has 1 amide bonds. The highest BCUT2D eigenvalue weighted by Gasteiger charge is 2.18. The van der Waals surface area contributed by atoms with Gasteiger partial charge in [-0.1, -0.05) is 17.7 Å². The molecule has 1 aliphatic rings. The van der Waals surface area contributed by atoms with Crippen molar-refractivity contribution in [1.29, 1.82) is 0 Å². The van der Waals surface area contributed by atoms with Gasteiger partial charge in [0.15, 0.2) is 0 Å². The lowest BCUT2D eigenvalue weighted by atomic mass is 10.1. The molecular formula is C12H15ClN2O2. The number of aliphatic hydroxyl groups excluding tert-OH is 1. The van der Waals surface area contributed by atoms with Crippen molar-refractivity contribution in [2.24, 2.45) is 0 Å². The normalized spacial score (nSPS) is 17.8. The third-order valence-corrected chi connectivity index (χ3v) is 3.14. The predicted molar refractivity (Wildman–Crippen MR) is 67.3 cm³/mol. The molecule has 0 aliphatic carbocycles. The number of hydrogen-bond acceptors (Lipinski definition) is 3. The number of piperazine rings is 1. The average molecular weight is 255 g/mol. The summed E-state index contributed by atoms with van der Waals surface area (Å²) in [6.07, 6.45) is -0.536. The predicted octanol–water partition coefficient (Wildman–Crippen LogP) is 1.33. The summed E-state index contributed by atoms with van der Waals surface area (Å²) in [6.45, 7) is 3.40. The fourth-order valence-electron chi connectivity index (χ4n) is 1.88. The molecule has 1 saturated heterocycles. The van der Waals surface area contributed by atoms with E-state index < -0.39 is 6.10 Å². The first-order valence-corrected chi connectivity index (χ1v) is 5.95. The lowest BCUT2D eigenvalue weighted by Crippen LogP contribution is -2.47. The summed E-state index contributed by atoms with van der Waals surface area (Å²) in [5, 5.41) is 12.8. The first-order chi connectivity index (χ1) is 8.08. The number of rotatable bonds is 2. The van der Waals surface area contributed by atoms with Crippen LogP contribution in [0.3, 0.4) is 0 Å². The Morgan fingerprint density at radius 2 is 2.29 bits per heavy atom. The van der Waals surface area contributed by atoms with Crippen LogP contribution in [-0.4, -0.2) is 30.6 Å². The maximum absolute atomic E-state index is 11.3. The lowest BCUT2D eigenvalue weighted by Gasteiger charge is -2.29. The summed E-state index contributed by atoms with van der Waals surface area (Å²) < 4.78 is 0. The van der Waals surface area contributed by atoms with Crippen molar-refractivity contribution in [3.63, 3.8) is 0 Å². The van der Waals surface area contributed by atoms with Gasteiger partial charge in [0, 0.05) is 13.1 Å². The Kier molecular flexibility index (Phi) is 3.54. The summed E-state index contributed by atoms with van der Waals surface area (Å²) >= 11 is 6.17. The van der Waals surface area contributed by atoms with E-state index in [9.17, 15) is 9.90 Å². The highest BCUT2D eigenvalue weighted by Crippen LogP contribution is 2.29.